The molecule has 3 aromatic rings. The van der Waals surface area contributed by atoms with Gasteiger partial charge in [-0.2, -0.15) is 5.26 Å². The summed E-state index contributed by atoms with van der Waals surface area (Å²) in [4.78, 5) is 10.4. The van der Waals surface area contributed by atoms with Gasteiger partial charge < -0.3 is 15.2 Å². The molecule has 5 rings (SSSR count). The largest absolute Gasteiger partial charge is 0.358 e. The number of rotatable bonds is 3. The predicted molar refractivity (Wildman–Crippen MR) is 116 cm³/mol. The molecule has 2 N–H and O–H groups in total. The van der Waals surface area contributed by atoms with E-state index in [0.29, 0.717) is 10.9 Å². The minimum Gasteiger partial charge on any atom is -0.358 e. The molecule has 0 bridgehead atoms. The van der Waals surface area contributed by atoms with Crippen LogP contribution in [0, 0.1) is 17.2 Å². The lowest BCUT2D eigenvalue weighted by molar-refractivity contribution is 0.356. The monoisotopic (exact) mass is 421 g/mol. The van der Waals surface area contributed by atoms with E-state index in [1.54, 1.807) is 12.1 Å². The number of hydrogen-bond acceptors (Lipinski definition) is 6. The Morgan fingerprint density at radius 2 is 1.87 bits per heavy atom. The third-order valence-corrected chi connectivity index (χ3v) is 7.41. The first-order chi connectivity index (χ1) is 14.5. The fourth-order valence-corrected chi connectivity index (χ4v) is 5.37. The van der Waals surface area contributed by atoms with E-state index in [2.05, 4.69) is 26.3 Å². The standard InChI is InChI=1S/C22H23N5O2S/c1-30(28,29)17-8-4-15(5-9-17)22-26-19-13-25-21-18(10-11-24-21)20(19)27(22)16-6-2-14(12-23)3-7-16/h4-5,8-11,13-14,16,22,26H,2-3,6-7H2,1H3,(H,24,25). The summed E-state index contributed by atoms with van der Waals surface area (Å²) in [5.41, 5.74) is 3.95. The van der Waals surface area contributed by atoms with Crippen LogP contribution in [0.4, 0.5) is 11.4 Å². The molecular weight excluding hydrogens is 398 g/mol. The van der Waals surface area contributed by atoms with E-state index in [1.165, 1.54) is 6.26 Å². The third-order valence-electron chi connectivity index (χ3n) is 6.28. The molecule has 0 spiro atoms. The summed E-state index contributed by atoms with van der Waals surface area (Å²) in [6, 6.07) is 11.9. The first kappa shape index (κ1) is 18.9. The van der Waals surface area contributed by atoms with Gasteiger partial charge in [0.2, 0.25) is 0 Å². The van der Waals surface area contributed by atoms with E-state index < -0.39 is 9.84 Å². The summed E-state index contributed by atoms with van der Waals surface area (Å²) >= 11 is 0. The molecule has 1 atom stereocenters. The molecule has 7 nitrogen and oxygen atoms in total. The van der Waals surface area contributed by atoms with Crippen LogP contribution in [0.25, 0.3) is 11.0 Å². The molecule has 0 amide bonds. The number of hydrogen-bond donors (Lipinski definition) is 2. The van der Waals surface area contributed by atoms with Crippen molar-refractivity contribution in [3.63, 3.8) is 0 Å². The first-order valence-corrected chi connectivity index (χ1v) is 12.1. The van der Waals surface area contributed by atoms with Crippen LogP contribution in [0.5, 0.6) is 0 Å². The number of aromatic nitrogens is 2. The highest BCUT2D eigenvalue weighted by atomic mass is 32.2. The topological polar surface area (TPSA) is 102 Å². The average molecular weight is 422 g/mol. The van der Waals surface area contributed by atoms with Crippen molar-refractivity contribution in [3.05, 3.63) is 48.3 Å². The van der Waals surface area contributed by atoms with Crippen molar-refractivity contribution in [1.82, 2.24) is 9.97 Å². The van der Waals surface area contributed by atoms with Crippen molar-refractivity contribution < 1.29 is 8.42 Å². The summed E-state index contributed by atoms with van der Waals surface area (Å²) in [5, 5.41) is 14.0. The number of nitrogens with zero attached hydrogens (tertiary/aromatic N) is 3. The van der Waals surface area contributed by atoms with E-state index in [4.69, 9.17) is 0 Å². The van der Waals surface area contributed by atoms with Crippen molar-refractivity contribution in [1.29, 1.82) is 5.26 Å². The summed E-state index contributed by atoms with van der Waals surface area (Å²) in [5.74, 6) is 0.133. The van der Waals surface area contributed by atoms with Gasteiger partial charge in [-0.3, -0.25) is 0 Å². The van der Waals surface area contributed by atoms with E-state index in [0.717, 1.165) is 53.7 Å². The van der Waals surface area contributed by atoms with Gasteiger partial charge in [0, 0.05) is 29.8 Å². The Morgan fingerprint density at radius 1 is 1.13 bits per heavy atom. The Kier molecular flexibility index (Phi) is 4.44. The van der Waals surface area contributed by atoms with Gasteiger partial charge in [0.05, 0.1) is 28.5 Å². The van der Waals surface area contributed by atoms with Crippen LogP contribution < -0.4 is 10.2 Å². The Hall–Kier alpha value is -3.05. The molecule has 1 aliphatic heterocycles. The Labute approximate surface area is 175 Å². The second-order valence-electron chi connectivity index (χ2n) is 8.19. The van der Waals surface area contributed by atoms with Crippen LogP contribution in [0.2, 0.25) is 0 Å². The van der Waals surface area contributed by atoms with Gasteiger partial charge in [-0.25, -0.2) is 13.4 Å². The van der Waals surface area contributed by atoms with Crippen molar-refractivity contribution in [3.8, 4) is 6.07 Å². The highest BCUT2D eigenvalue weighted by molar-refractivity contribution is 7.90. The molecule has 154 valence electrons. The highest BCUT2D eigenvalue weighted by Crippen LogP contribution is 2.48. The molecule has 0 radical (unpaired) electrons. The Bertz CT molecular complexity index is 1230. The molecule has 3 heterocycles. The summed E-state index contributed by atoms with van der Waals surface area (Å²) < 4.78 is 23.7. The molecule has 1 fully saturated rings. The second-order valence-corrected chi connectivity index (χ2v) is 10.2. The normalized spacial score (nSPS) is 23.7. The van der Waals surface area contributed by atoms with E-state index >= 15 is 0 Å². The lowest BCUT2D eigenvalue weighted by Gasteiger charge is -2.38. The fourth-order valence-electron chi connectivity index (χ4n) is 4.74. The predicted octanol–water partition coefficient (Wildman–Crippen LogP) is 3.98. The SMILES string of the molecule is CS(=O)(=O)c1ccc(C2Nc3cnc4[nH]ccc4c3N2C2CCC(C#N)CC2)cc1. The summed E-state index contributed by atoms with van der Waals surface area (Å²) in [6.45, 7) is 0. The van der Waals surface area contributed by atoms with Gasteiger partial charge in [-0.1, -0.05) is 12.1 Å². The number of benzene rings is 1. The highest BCUT2D eigenvalue weighted by Gasteiger charge is 2.38. The molecule has 2 aliphatic rings. The molecule has 1 unspecified atom stereocenters. The lowest BCUT2D eigenvalue weighted by atomic mass is 9.85. The fraction of sp³-hybridized carbons (Fsp3) is 0.364. The molecule has 1 aliphatic carbocycles. The Balaban J connectivity index is 1.57. The van der Waals surface area contributed by atoms with E-state index in [9.17, 15) is 13.7 Å². The zero-order valence-electron chi connectivity index (χ0n) is 16.7. The molecule has 30 heavy (non-hydrogen) atoms. The van der Waals surface area contributed by atoms with Crippen molar-refractivity contribution in [2.45, 2.75) is 42.8 Å². The second kappa shape index (κ2) is 7.03. The zero-order valence-corrected chi connectivity index (χ0v) is 17.5. The molecule has 1 aromatic carbocycles. The zero-order chi connectivity index (χ0) is 20.9. The van der Waals surface area contributed by atoms with Gasteiger partial charge in [-0.15, -0.1) is 0 Å². The molecule has 1 saturated carbocycles. The minimum absolute atomic E-state index is 0.112. The van der Waals surface area contributed by atoms with Crippen LogP contribution in [-0.4, -0.2) is 30.7 Å². The minimum atomic E-state index is -3.24. The van der Waals surface area contributed by atoms with Crippen LogP contribution >= 0.6 is 0 Å². The van der Waals surface area contributed by atoms with Crippen LogP contribution in [0.15, 0.2) is 47.6 Å². The van der Waals surface area contributed by atoms with Crippen molar-refractivity contribution in [2.75, 3.05) is 16.5 Å². The van der Waals surface area contributed by atoms with Crippen molar-refractivity contribution in [2.24, 2.45) is 5.92 Å². The molecule has 2 aromatic heterocycles. The number of nitrogens with one attached hydrogen (secondary N) is 2. The van der Waals surface area contributed by atoms with Gasteiger partial charge in [0.15, 0.2) is 9.84 Å². The lowest BCUT2D eigenvalue weighted by Crippen LogP contribution is -2.40. The van der Waals surface area contributed by atoms with E-state index in [1.807, 2.05) is 30.6 Å². The number of anilines is 2. The number of H-pyrrole nitrogens is 1. The maximum absolute atomic E-state index is 11.9. The number of pyridine rings is 1. The number of nitriles is 1. The molecule has 0 saturated heterocycles. The van der Waals surface area contributed by atoms with Gasteiger partial charge in [0.1, 0.15) is 11.8 Å². The third kappa shape index (κ3) is 3.10. The van der Waals surface area contributed by atoms with Gasteiger partial charge in [-0.05, 0) is 49.4 Å². The number of fused-ring (bicyclic) bond motifs is 3. The van der Waals surface area contributed by atoms with E-state index in [-0.39, 0.29) is 12.1 Å². The quantitative estimate of drug-likeness (QED) is 0.663. The van der Waals surface area contributed by atoms with Crippen LogP contribution in [0.1, 0.15) is 37.4 Å². The summed E-state index contributed by atoms with van der Waals surface area (Å²) in [7, 11) is -3.24. The van der Waals surface area contributed by atoms with Crippen LogP contribution in [0.3, 0.4) is 0 Å². The Morgan fingerprint density at radius 3 is 2.53 bits per heavy atom. The van der Waals surface area contributed by atoms with Gasteiger partial charge >= 0.3 is 0 Å². The maximum atomic E-state index is 11.9. The molecular formula is C22H23N5O2S. The number of sulfone groups is 1. The maximum Gasteiger partial charge on any atom is 0.175 e. The molecule has 8 heteroatoms. The smallest absolute Gasteiger partial charge is 0.175 e. The summed E-state index contributed by atoms with van der Waals surface area (Å²) in [6.07, 6.45) is 8.56. The van der Waals surface area contributed by atoms with Crippen molar-refractivity contribution >= 4 is 32.2 Å². The first-order valence-electron chi connectivity index (χ1n) is 10.2. The number of aromatic amines is 1. The van der Waals surface area contributed by atoms with Crippen LogP contribution in [-0.2, 0) is 9.84 Å². The average Bonchev–Trinajstić information content (AvgIpc) is 3.37. The van der Waals surface area contributed by atoms with Gasteiger partial charge in [0.25, 0.3) is 0 Å².